The summed E-state index contributed by atoms with van der Waals surface area (Å²) in [6.07, 6.45) is 0.215. The van der Waals surface area contributed by atoms with Gasteiger partial charge in [-0.2, -0.15) is 0 Å². The van der Waals surface area contributed by atoms with Gasteiger partial charge in [0.15, 0.2) is 0 Å². The Bertz CT molecular complexity index is 199. The van der Waals surface area contributed by atoms with Gasteiger partial charge in [0.2, 0.25) is 0 Å². The average Bonchev–Trinajstić information content (AvgIpc) is 2.29. The Morgan fingerprint density at radius 2 is 2.07 bits per heavy atom. The molecule has 14 heavy (non-hydrogen) atoms. The summed E-state index contributed by atoms with van der Waals surface area (Å²) in [4.78, 5) is 0. The Labute approximate surface area is 80.7 Å². The quantitative estimate of drug-likeness (QED) is 0.717. The predicted octanol–water partition coefficient (Wildman–Crippen LogP) is 2.79. The molecule has 2 unspecified atom stereocenters. The van der Waals surface area contributed by atoms with Crippen LogP contribution in [0.1, 0.15) is 32.6 Å². The van der Waals surface area contributed by atoms with Crippen LogP contribution >= 0.6 is 0 Å². The number of nitrogens with two attached hydrogens (primary N) is 1. The minimum absolute atomic E-state index is 0.195. The molecule has 1 aliphatic carbocycles. The zero-order valence-corrected chi connectivity index (χ0v) is 8.07. The molecule has 5 heteroatoms. The number of rotatable bonds is 3. The predicted molar refractivity (Wildman–Crippen MR) is 45.5 cm³/mol. The van der Waals surface area contributed by atoms with E-state index in [1.54, 1.807) is 0 Å². The van der Waals surface area contributed by atoms with Crippen molar-refractivity contribution in [2.75, 3.05) is 0 Å². The molecular weight excluding hydrogens is 198 g/mol. The van der Waals surface area contributed by atoms with E-state index < -0.39 is 23.8 Å². The minimum atomic E-state index is -3.07. The first kappa shape index (κ1) is 11.8. The standard InChI is InChI=1S/C9H15F4N/c1-8(10,11)7(14)5-6-3-2-4-9(6,12)13/h6-7H,2-5,14H2,1H3. The maximum atomic E-state index is 13.1. The summed E-state index contributed by atoms with van der Waals surface area (Å²) in [7, 11) is 0. The smallest absolute Gasteiger partial charge is 0.260 e. The van der Waals surface area contributed by atoms with Crippen molar-refractivity contribution in [3.8, 4) is 0 Å². The van der Waals surface area contributed by atoms with Crippen LogP contribution in [0.25, 0.3) is 0 Å². The Kier molecular flexibility index (Phi) is 3.09. The van der Waals surface area contributed by atoms with Crippen LogP contribution in [-0.2, 0) is 0 Å². The van der Waals surface area contributed by atoms with Crippen molar-refractivity contribution >= 4 is 0 Å². The Balaban J connectivity index is 2.52. The molecule has 1 aliphatic rings. The Morgan fingerprint density at radius 3 is 2.43 bits per heavy atom. The van der Waals surface area contributed by atoms with Crippen molar-refractivity contribution in [3.05, 3.63) is 0 Å². The van der Waals surface area contributed by atoms with Crippen LogP contribution in [0.15, 0.2) is 0 Å². The summed E-state index contributed by atoms with van der Waals surface area (Å²) in [5.74, 6) is -6.84. The van der Waals surface area contributed by atoms with E-state index in [9.17, 15) is 17.6 Å². The molecule has 0 aliphatic heterocycles. The van der Waals surface area contributed by atoms with E-state index in [4.69, 9.17) is 5.73 Å². The van der Waals surface area contributed by atoms with Crippen molar-refractivity contribution in [1.29, 1.82) is 0 Å². The molecule has 0 bridgehead atoms. The summed E-state index contributed by atoms with van der Waals surface area (Å²) in [5.41, 5.74) is 5.17. The lowest BCUT2D eigenvalue weighted by Gasteiger charge is -2.25. The molecule has 0 aromatic heterocycles. The van der Waals surface area contributed by atoms with E-state index in [2.05, 4.69) is 0 Å². The highest BCUT2D eigenvalue weighted by molar-refractivity contribution is 4.89. The third-order valence-corrected chi connectivity index (χ3v) is 2.85. The first-order valence-electron chi connectivity index (χ1n) is 4.74. The largest absolute Gasteiger partial charge is 0.323 e. The van der Waals surface area contributed by atoms with Gasteiger partial charge < -0.3 is 5.73 Å². The van der Waals surface area contributed by atoms with Crippen molar-refractivity contribution in [2.24, 2.45) is 11.7 Å². The lowest BCUT2D eigenvalue weighted by atomic mass is 9.93. The molecule has 1 nitrogen and oxygen atoms in total. The Morgan fingerprint density at radius 1 is 1.50 bits per heavy atom. The normalized spacial score (nSPS) is 29.1. The fourth-order valence-corrected chi connectivity index (χ4v) is 1.80. The molecule has 2 atom stereocenters. The van der Waals surface area contributed by atoms with Crippen molar-refractivity contribution in [1.82, 2.24) is 0 Å². The van der Waals surface area contributed by atoms with E-state index in [0.717, 1.165) is 0 Å². The molecule has 0 aromatic carbocycles. The molecule has 0 saturated heterocycles. The second-order valence-electron chi connectivity index (χ2n) is 4.15. The molecule has 1 saturated carbocycles. The highest BCUT2D eigenvalue weighted by Gasteiger charge is 2.46. The first-order chi connectivity index (χ1) is 6.23. The molecule has 84 valence electrons. The third kappa shape index (κ3) is 2.59. The number of halogens is 4. The number of hydrogen-bond donors (Lipinski definition) is 1. The lowest BCUT2D eigenvalue weighted by molar-refractivity contribution is -0.0630. The number of alkyl halides is 4. The van der Waals surface area contributed by atoms with Gasteiger partial charge in [-0.1, -0.05) is 0 Å². The fraction of sp³-hybridized carbons (Fsp3) is 1.00. The molecule has 0 amide bonds. The zero-order valence-electron chi connectivity index (χ0n) is 8.07. The molecule has 2 N–H and O–H groups in total. The SMILES string of the molecule is CC(F)(F)C(N)CC1CCCC1(F)F. The second-order valence-corrected chi connectivity index (χ2v) is 4.15. The van der Waals surface area contributed by atoms with E-state index in [0.29, 0.717) is 19.8 Å². The van der Waals surface area contributed by atoms with Crippen LogP contribution in [0.2, 0.25) is 0 Å². The van der Waals surface area contributed by atoms with Crippen LogP contribution < -0.4 is 5.73 Å². The van der Waals surface area contributed by atoms with Crippen LogP contribution in [0.3, 0.4) is 0 Å². The lowest BCUT2D eigenvalue weighted by Crippen LogP contribution is -2.41. The minimum Gasteiger partial charge on any atom is -0.323 e. The van der Waals surface area contributed by atoms with E-state index >= 15 is 0 Å². The maximum Gasteiger partial charge on any atom is 0.260 e. The van der Waals surface area contributed by atoms with Crippen molar-refractivity contribution < 1.29 is 17.6 Å². The van der Waals surface area contributed by atoms with Gasteiger partial charge in [-0.15, -0.1) is 0 Å². The molecular formula is C9H15F4N. The van der Waals surface area contributed by atoms with Gasteiger partial charge >= 0.3 is 0 Å². The highest BCUT2D eigenvalue weighted by Crippen LogP contribution is 2.43. The van der Waals surface area contributed by atoms with E-state index in [-0.39, 0.29) is 12.8 Å². The van der Waals surface area contributed by atoms with Gasteiger partial charge in [-0.05, 0) is 19.3 Å². The van der Waals surface area contributed by atoms with Gasteiger partial charge in [-0.3, -0.25) is 0 Å². The fourth-order valence-electron chi connectivity index (χ4n) is 1.80. The highest BCUT2D eigenvalue weighted by atomic mass is 19.3. The monoisotopic (exact) mass is 213 g/mol. The topological polar surface area (TPSA) is 26.0 Å². The third-order valence-electron chi connectivity index (χ3n) is 2.85. The van der Waals surface area contributed by atoms with Crippen molar-refractivity contribution in [2.45, 2.75) is 50.5 Å². The molecule has 1 rings (SSSR count). The Hall–Kier alpha value is -0.320. The average molecular weight is 213 g/mol. The molecule has 0 heterocycles. The van der Waals surface area contributed by atoms with Crippen LogP contribution in [0.5, 0.6) is 0 Å². The molecule has 0 radical (unpaired) electrons. The van der Waals surface area contributed by atoms with Crippen LogP contribution in [0.4, 0.5) is 17.6 Å². The molecule has 0 aromatic rings. The van der Waals surface area contributed by atoms with Crippen LogP contribution in [0, 0.1) is 5.92 Å². The summed E-state index contributed by atoms with van der Waals surface area (Å²) in [6, 6.07) is -1.46. The summed E-state index contributed by atoms with van der Waals surface area (Å²) in [6.45, 7) is 0.671. The first-order valence-corrected chi connectivity index (χ1v) is 4.74. The second kappa shape index (κ2) is 3.68. The molecule has 1 fully saturated rings. The summed E-state index contributed by atoms with van der Waals surface area (Å²) < 4.78 is 51.4. The maximum absolute atomic E-state index is 13.1. The number of hydrogen-bond acceptors (Lipinski definition) is 1. The van der Waals surface area contributed by atoms with Crippen LogP contribution in [-0.4, -0.2) is 17.9 Å². The zero-order chi connectivity index (χ0) is 11.0. The molecule has 0 spiro atoms. The summed E-state index contributed by atoms with van der Waals surface area (Å²) >= 11 is 0. The van der Waals surface area contributed by atoms with Gasteiger partial charge in [0, 0.05) is 19.3 Å². The van der Waals surface area contributed by atoms with Gasteiger partial charge in [-0.25, -0.2) is 17.6 Å². The van der Waals surface area contributed by atoms with Gasteiger partial charge in [0.05, 0.1) is 6.04 Å². The van der Waals surface area contributed by atoms with E-state index in [1.165, 1.54) is 0 Å². The van der Waals surface area contributed by atoms with Gasteiger partial charge in [0.25, 0.3) is 11.8 Å². The van der Waals surface area contributed by atoms with E-state index in [1.807, 2.05) is 0 Å². The van der Waals surface area contributed by atoms with Gasteiger partial charge in [0.1, 0.15) is 0 Å². The summed E-state index contributed by atoms with van der Waals surface area (Å²) in [5, 5.41) is 0. The van der Waals surface area contributed by atoms with Crippen molar-refractivity contribution in [3.63, 3.8) is 0 Å².